The second-order valence-electron chi connectivity index (χ2n) is 5.09. The number of hydrogen-bond acceptors (Lipinski definition) is 2. The first kappa shape index (κ1) is 16.0. The molecule has 0 bridgehead atoms. The highest BCUT2D eigenvalue weighted by Gasteiger charge is 2.20. The van der Waals surface area contributed by atoms with E-state index in [0.29, 0.717) is 6.04 Å². The van der Waals surface area contributed by atoms with E-state index in [1.165, 1.54) is 25.7 Å². The maximum absolute atomic E-state index is 12.1. The Balaban J connectivity index is 0.00000180. The quantitative estimate of drug-likeness (QED) is 0.838. The van der Waals surface area contributed by atoms with Crippen molar-refractivity contribution in [1.29, 1.82) is 0 Å². The van der Waals surface area contributed by atoms with Gasteiger partial charge in [0.15, 0.2) is 0 Å². The predicted molar refractivity (Wildman–Crippen MR) is 80.3 cm³/mol. The Morgan fingerprint density at radius 1 is 1.11 bits per heavy atom. The van der Waals surface area contributed by atoms with Crippen LogP contribution in [0.4, 0.5) is 0 Å². The molecule has 1 aliphatic carbocycles. The normalized spacial score (nSPS) is 17.9. The maximum Gasteiger partial charge on any atom is 0.241 e. The lowest BCUT2D eigenvalue weighted by atomic mass is 10.1. The zero-order valence-corrected chi connectivity index (χ0v) is 12.0. The molecule has 1 fully saturated rings. The van der Waals surface area contributed by atoms with Gasteiger partial charge in [-0.3, -0.25) is 4.79 Å². The number of benzene rings is 1. The third-order valence-electron chi connectivity index (χ3n) is 3.64. The highest BCUT2D eigenvalue weighted by Crippen LogP contribution is 2.18. The Kier molecular flexibility index (Phi) is 6.89. The van der Waals surface area contributed by atoms with E-state index in [2.05, 4.69) is 5.32 Å². The van der Waals surface area contributed by atoms with Crippen LogP contribution in [0.25, 0.3) is 0 Å². The third kappa shape index (κ3) is 4.84. The molecule has 0 aromatic heterocycles. The SMILES string of the molecule is Cl.NC(C(=O)NC1CCCCCC1)c1ccccc1. The molecule has 4 heteroatoms. The summed E-state index contributed by atoms with van der Waals surface area (Å²) in [5, 5.41) is 3.09. The molecular formula is C15H23ClN2O. The van der Waals surface area contributed by atoms with E-state index in [9.17, 15) is 4.79 Å². The molecule has 0 spiro atoms. The van der Waals surface area contributed by atoms with Crippen LogP contribution in [0.2, 0.25) is 0 Å². The van der Waals surface area contributed by atoms with Crippen molar-refractivity contribution >= 4 is 18.3 Å². The molecule has 19 heavy (non-hydrogen) atoms. The van der Waals surface area contributed by atoms with Gasteiger partial charge in [-0.1, -0.05) is 56.0 Å². The molecule has 1 atom stereocenters. The van der Waals surface area contributed by atoms with Gasteiger partial charge in [0.2, 0.25) is 5.91 Å². The van der Waals surface area contributed by atoms with E-state index in [1.54, 1.807) is 0 Å². The van der Waals surface area contributed by atoms with E-state index < -0.39 is 6.04 Å². The van der Waals surface area contributed by atoms with Crippen molar-refractivity contribution in [3.05, 3.63) is 35.9 Å². The molecule has 106 valence electrons. The van der Waals surface area contributed by atoms with Gasteiger partial charge in [0.1, 0.15) is 6.04 Å². The van der Waals surface area contributed by atoms with E-state index in [4.69, 9.17) is 5.73 Å². The average molecular weight is 283 g/mol. The van der Waals surface area contributed by atoms with Crippen LogP contribution in [0, 0.1) is 0 Å². The lowest BCUT2D eigenvalue weighted by Crippen LogP contribution is -2.40. The van der Waals surface area contributed by atoms with Gasteiger partial charge in [-0.05, 0) is 18.4 Å². The monoisotopic (exact) mass is 282 g/mol. The fraction of sp³-hybridized carbons (Fsp3) is 0.533. The van der Waals surface area contributed by atoms with E-state index in [1.807, 2.05) is 30.3 Å². The zero-order chi connectivity index (χ0) is 12.8. The van der Waals surface area contributed by atoms with Gasteiger partial charge >= 0.3 is 0 Å². The third-order valence-corrected chi connectivity index (χ3v) is 3.64. The number of hydrogen-bond donors (Lipinski definition) is 2. The average Bonchev–Trinajstić information content (AvgIpc) is 2.67. The van der Waals surface area contributed by atoms with Crippen LogP contribution in [-0.4, -0.2) is 11.9 Å². The summed E-state index contributed by atoms with van der Waals surface area (Å²) >= 11 is 0. The van der Waals surface area contributed by atoms with Crippen LogP contribution < -0.4 is 11.1 Å². The van der Waals surface area contributed by atoms with Crippen LogP contribution in [0.15, 0.2) is 30.3 Å². The maximum atomic E-state index is 12.1. The van der Waals surface area contributed by atoms with Gasteiger partial charge in [-0.2, -0.15) is 0 Å². The van der Waals surface area contributed by atoms with Crippen molar-refractivity contribution in [3.8, 4) is 0 Å². The Bertz CT molecular complexity index is 375. The number of nitrogens with one attached hydrogen (secondary N) is 1. The molecule has 2 rings (SSSR count). The van der Waals surface area contributed by atoms with Gasteiger partial charge in [-0.15, -0.1) is 12.4 Å². The van der Waals surface area contributed by atoms with Gasteiger partial charge in [0, 0.05) is 6.04 Å². The Morgan fingerprint density at radius 3 is 2.26 bits per heavy atom. The van der Waals surface area contributed by atoms with E-state index >= 15 is 0 Å². The van der Waals surface area contributed by atoms with Crippen molar-refractivity contribution in [2.75, 3.05) is 0 Å². The van der Waals surface area contributed by atoms with Crippen molar-refractivity contribution < 1.29 is 4.79 Å². The highest BCUT2D eigenvalue weighted by molar-refractivity contribution is 5.85. The zero-order valence-electron chi connectivity index (χ0n) is 11.2. The summed E-state index contributed by atoms with van der Waals surface area (Å²) < 4.78 is 0. The summed E-state index contributed by atoms with van der Waals surface area (Å²) in [6, 6.07) is 9.32. The summed E-state index contributed by atoms with van der Waals surface area (Å²) in [6.07, 6.45) is 7.19. The molecule has 0 saturated heterocycles. The minimum Gasteiger partial charge on any atom is -0.352 e. The fourth-order valence-electron chi connectivity index (χ4n) is 2.53. The van der Waals surface area contributed by atoms with Crippen LogP contribution in [0.3, 0.4) is 0 Å². The summed E-state index contributed by atoms with van der Waals surface area (Å²) in [5.74, 6) is -0.0481. The minimum atomic E-state index is -0.547. The Labute approximate surface area is 121 Å². The summed E-state index contributed by atoms with van der Waals surface area (Å²) in [4.78, 5) is 12.1. The topological polar surface area (TPSA) is 55.1 Å². The standard InChI is InChI=1S/C15H22N2O.ClH/c16-14(12-8-4-3-5-9-12)15(18)17-13-10-6-1-2-7-11-13;/h3-5,8-9,13-14H,1-2,6-7,10-11,16H2,(H,17,18);1H. The van der Waals surface area contributed by atoms with Gasteiger partial charge in [0.25, 0.3) is 0 Å². The van der Waals surface area contributed by atoms with Crippen molar-refractivity contribution in [2.24, 2.45) is 5.73 Å². The lowest BCUT2D eigenvalue weighted by molar-refractivity contribution is -0.123. The molecule has 0 aliphatic heterocycles. The number of amides is 1. The summed E-state index contributed by atoms with van der Waals surface area (Å²) in [6.45, 7) is 0. The molecule has 1 aromatic rings. The Hall–Kier alpha value is -1.06. The first-order valence-electron chi connectivity index (χ1n) is 6.88. The smallest absolute Gasteiger partial charge is 0.241 e. The van der Waals surface area contributed by atoms with Gasteiger partial charge in [0.05, 0.1) is 0 Å². The summed E-state index contributed by atoms with van der Waals surface area (Å²) in [5.41, 5.74) is 6.86. The van der Waals surface area contributed by atoms with E-state index in [0.717, 1.165) is 18.4 Å². The highest BCUT2D eigenvalue weighted by atomic mass is 35.5. The summed E-state index contributed by atoms with van der Waals surface area (Å²) in [7, 11) is 0. The van der Waals surface area contributed by atoms with Crippen LogP contribution >= 0.6 is 12.4 Å². The molecule has 0 radical (unpaired) electrons. The number of carbonyl (C=O) groups excluding carboxylic acids is 1. The molecule has 1 saturated carbocycles. The molecule has 1 aliphatic rings. The van der Waals surface area contributed by atoms with Crippen LogP contribution in [0.1, 0.15) is 50.1 Å². The number of halogens is 1. The molecule has 3 N–H and O–H groups in total. The van der Waals surface area contributed by atoms with Crippen LogP contribution in [-0.2, 0) is 4.79 Å². The second kappa shape index (κ2) is 8.18. The minimum absolute atomic E-state index is 0. The lowest BCUT2D eigenvalue weighted by Gasteiger charge is -2.19. The fourth-order valence-corrected chi connectivity index (χ4v) is 2.53. The first-order valence-corrected chi connectivity index (χ1v) is 6.88. The molecule has 1 amide bonds. The van der Waals surface area contributed by atoms with E-state index in [-0.39, 0.29) is 18.3 Å². The molecular weight excluding hydrogens is 260 g/mol. The van der Waals surface area contributed by atoms with Crippen molar-refractivity contribution in [2.45, 2.75) is 50.6 Å². The number of rotatable bonds is 3. The largest absolute Gasteiger partial charge is 0.352 e. The predicted octanol–water partition coefficient (Wildman–Crippen LogP) is 2.95. The second-order valence-corrected chi connectivity index (χ2v) is 5.09. The van der Waals surface area contributed by atoms with Crippen LogP contribution in [0.5, 0.6) is 0 Å². The first-order chi connectivity index (χ1) is 8.77. The van der Waals surface area contributed by atoms with Gasteiger partial charge in [-0.25, -0.2) is 0 Å². The molecule has 0 heterocycles. The Morgan fingerprint density at radius 2 is 1.68 bits per heavy atom. The number of carbonyl (C=O) groups is 1. The van der Waals surface area contributed by atoms with Gasteiger partial charge < -0.3 is 11.1 Å². The molecule has 3 nitrogen and oxygen atoms in total. The number of nitrogens with two attached hydrogens (primary N) is 1. The molecule has 1 aromatic carbocycles. The van der Waals surface area contributed by atoms with Crippen molar-refractivity contribution in [1.82, 2.24) is 5.32 Å². The molecule has 1 unspecified atom stereocenters. The van der Waals surface area contributed by atoms with Crippen molar-refractivity contribution in [3.63, 3.8) is 0 Å².